The molecule has 1 aromatic rings. The molecule has 2 nitrogen and oxygen atoms in total. The summed E-state index contributed by atoms with van der Waals surface area (Å²) in [6, 6.07) is 6.14. The molecule has 0 saturated heterocycles. The molecule has 0 aliphatic heterocycles. The molecular weight excluding hydrogens is 196 g/mol. The fourth-order valence-corrected chi connectivity index (χ4v) is 1.73. The molecule has 0 unspecified atom stereocenters. The number of nitrogen functional groups attached to an aromatic ring is 1. The van der Waals surface area contributed by atoms with Crippen LogP contribution in [0.2, 0.25) is 0 Å². The van der Waals surface area contributed by atoms with Gasteiger partial charge < -0.3 is 11.1 Å². The summed E-state index contributed by atoms with van der Waals surface area (Å²) < 4.78 is 0. The maximum atomic E-state index is 5.97. The minimum Gasteiger partial charge on any atom is -0.398 e. The van der Waals surface area contributed by atoms with E-state index in [9.17, 15) is 0 Å². The lowest BCUT2D eigenvalue weighted by molar-refractivity contribution is 0.811. The van der Waals surface area contributed by atoms with Crippen LogP contribution < -0.4 is 11.1 Å². The van der Waals surface area contributed by atoms with Crippen molar-refractivity contribution < 1.29 is 0 Å². The van der Waals surface area contributed by atoms with Crippen molar-refractivity contribution in [3.8, 4) is 0 Å². The number of nitrogens with two attached hydrogens (primary N) is 1. The van der Waals surface area contributed by atoms with Crippen LogP contribution in [0.1, 0.15) is 30.9 Å². The zero-order valence-electron chi connectivity index (χ0n) is 10.3. The average molecular weight is 218 g/mol. The summed E-state index contributed by atoms with van der Waals surface area (Å²) in [5, 5.41) is 3.16. The second-order valence-electron chi connectivity index (χ2n) is 3.98. The summed E-state index contributed by atoms with van der Waals surface area (Å²) in [4.78, 5) is 0. The molecule has 16 heavy (non-hydrogen) atoms. The zero-order chi connectivity index (χ0) is 11.8. The molecule has 0 amide bonds. The van der Waals surface area contributed by atoms with Crippen molar-refractivity contribution in [3.63, 3.8) is 0 Å². The van der Waals surface area contributed by atoms with Crippen molar-refractivity contribution in [2.45, 2.75) is 32.7 Å². The van der Waals surface area contributed by atoms with E-state index >= 15 is 0 Å². The van der Waals surface area contributed by atoms with Gasteiger partial charge >= 0.3 is 0 Å². The average Bonchev–Trinajstić information content (AvgIpc) is 2.29. The standard InChI is InChI=1S/C14H22N2/c1-3-4-5-6-8-12-9-7-10-14(15)13(12)11-16-2/h5-7,9-10,16H,3-4,8,11,15H2,1-2H3/b6-5-. The monoisotopic (exact) mass is 218 g/mol. The van der Waals surface area contributed by atoms with Crippen LogP contribution in [0.4, 0.5) is 5.69 Å². The summed E-state index contributed by atoms with van der Waals surface area (Å²) in [6.07, 6.45) is 7.81. The molecular formula is C14H22N2. The van der Waals surface area contributed by atoms with Crippen molar-refractivity contribution >= 4 is 5.69 Å². The molecule has 2 heteroatoms. The first-order valence-corrected chi connectivity index (χ1v) is 5.95. The first-order chi connectivity index (χ1) is 7.79. The van der Waals surface area contributed by atoms with Crippen LogP contribution in [-0.2, 0) is 13.0 Å². The molecule has 0 heterocycles. The molecule has 88 valence electrons. The zero-order valence-corrected chi connectivity index (χ0v) is 10.3. The summed E-state index contributed by atoms with van der Waals surface area (Å²) in [6.45, 7) is 3.03. The molecule has 0 saturated carbocycles. The lowest BCUT2D eigenvalue weighted by Gasteiger charge is -2.10. The number of anilines is 1. The van der Waals surface area contributed by atoms with Gasteiger partial charge in [-0.25, -0.2) is 0 Å². The predicted octanol–water partition coefficient (Wildman–Crippen LogP) is 2.89. The Bertz CT molecular complexity index is 343. The van der Waals surface area contributed by atoms with Crippen LogP contribution in [0.15, 0.2) is 30.4 Å². The Morgan fingerprint density at radius 2 is 2.12 bits per heavy atom. The van der Waals surface area contributed by atoms with E-state index in [-0.39, 0.29) is 0 Å². The number of benzene rings is 1. The second kappa shape index (κ2) is 7.07. The number of allylic oxidation sites excluding steroid dienone is 2. The summed E-state index contributed by atoms with van der Waals surface area (Å²) in [5.74, 6) is 0. The van der Waals surface area contributed by atoms with Gasteiger partial charge in [-0.05, 0) is 37.1 Å². The number of nitrogens with one attached hydrogen (secondary N) is 1. The highest BCUT2D eigenvalue weighted by atomic mass is 14.8. The third kappa shape index (κ3) is 3.70. The summed E-state index contributed by atoms with van der Waals surface area (Å²) >= 11 is 0. The maximum Gasteiger partial charge on any atom is 0.0362 e. The molecule has 0 aliphatic rings. The van der Waals surface area contributed by atoms with Crippen LogP contribution in [-0.4, -0.2) is 7.05 Å². The van der Waals surface area contributed by atoms with Gasteiger partial charge in [-0.1, -0.05) is 37.6 Å². The first-order valence-electron chi connectivity index (χ1n) is 5.95. The summed E-state index contributed by atoms with van der Waals surface area (Å²) in [7, 11) is 1.95. The Morgan fingerprint density at radius 3 is 2.81 bits per heavy atom. The van der Waals surface area contributed by atoms with E-state index in [1.807, 2.05) is 19.2 Å². The minimum absolute atomic E-state index is 0.837. The molecule has 1 aromatic carbocycles. The molecule has 0 atom stereocenters. The smallest absolute Gasteiger partial charge is 0.0362 e. The van der Waals surface area contributed by atoms with Gasteiger partial charge in [0.1, 0.15) is 0 Å². The number of hydrogen-bond donors (Lipinski definition) is 2. The maximum absolute atomic E-state index is 5.97. The Balaban J connectivity index is 2.74. The summed E-state index contributed by atoms with van der Waals surface area (Å²) in [5.41, 5.74) is 9.41. The van der Waals surface area contributed by atoms with E-state index < -0.39 is 0 Å². The van der Waals surface area contributed by atoms with E-state index in [1.165, 1.54) is 17.5 Å². The van der Waals surface area contributed by atoms with Gasteiger partial charge in [0.15, 0.2) is 0 Å². The highest BCUT2D eigenvalue weighted by Crippen LogP contribution is 2.17. The SMILES string of the molecule is CCC/C=C\Cc1cccc(N)c1CNC. The Labute approximate surface area is 98.6 Å². The fraction of sp³-hybridized carbons (Fsp3) is 0.429. The minimum atomic E-state index is 0.837. The number of unbranched alkanes of at least 4 members (excludes halogenated alkanes) is 1. The van der Waals surface area contributed by atoms with Crippen LogP contribution in [0.3, 0.4) is 0 Å². The van der Waals surface area contributed by atoms with Crippen LogP contribution in [0.25, 0.3) is 0 Å². The Hall–Kier alpha value is -1.28. The molecule has 0 aliphatic carbocycles. The molecule has 0 bridgehead atoms. The van der Waals surface area contributed by atoms with Gasteiger partial charge in [0, 0.05) is 12.2 Å². The Kier molecular flexibility index (Phi) is 5.65. The number of hydrogen-bond acceptors (Lipinski definition) is 2. The third-order valence-electron chi connectivity index (χ3n) is 2.62. The fourth-order valence-electron chi connectivity index (χ4n) is 1.73. The van der Waals surface area contributed by atoms with Crippen LogP contribution in [0.5, 0.6) is 0 Å². The predicted molar refractivity (Wildman–Crippen MR) is 71.4 cm³/mol. The Morgan fingerprint density at radius 1 is 1.31 bits per heavy atom. The van der Waals surface area contributed by atoms with Gasteiger partial charge in [0.05, 0.1) is 0 Å². The van der Waals surface area contributed by atoms with Crippen molar-refractivity contribution in [3.05, 3.63) is 41.5 Å². The lowest BCUT2D eigenvalue weighted by Crippen LogP contribution is -2.10. The van der Waals surface area contributed by atoms with Crippen molar-refractivity contribution in [1.29, 1.82) is 0 Å². The second-order valence-corrected chi connectivity index (χ2v) is 3.98. The highest BCUT2D eigenvalue weighted by molar-refractivity contribution is 5.51. The van der Waals surface area contributed by atoms with Gasteiger partial charge in [-0.3, -0.25) is 0 Å². The van der Waals surface area contributed by atoms with Crippen LogP contribution >= 0.6 is 0 Å². The van der Waals surface area contributed by atoms with Gasteiger partial charge in [0.2, 0.25) is 0 Å². The third-order valence-corrected chi connectivity index (χ3v) is 2.62. The van der Waals surface area contributed by atoms with E-state index in [0.29, 0.717) is 0 Å². The van der Waals surface area contributed by atoms with Gasteiger partial charge in [0.25, 0.3) is 0 Å². The molecule has 3 N–H and O–H groups in total. The number of rotatable bonds is 6. The largest absolute Gasteiger partial charge is 0.398 e. The highest BCUT2D eigenvalue weighted by Gasteiger charge is 2.03. The quantitative estimate of drug-likeness (QED) is 0.569. The molecule has 0 aromatic heterocycles. The first kappa shape index (κ1) is 12.8. The molecule has 0 spiro atoms. The normalized spacial score (nSPS) is 11.1. The van der Waals surface area contributed by atoms with Crippen LogP contribution in [0, 0.1) is 0 Å². The van der Waals surface area contributed by atoms with Crippen molar-refractivity contribution in [2.75, 3.05) is 12.8 Å². The molecule has 0 fully saturated rings. The van der Waals surface area contributed by atoms with E-state index in [0.717, 1.165) is 25.1 Å². The van der Waals surface area contributed by atoms with E-state index in [2.05, 4.69) is 30.5 Å². The topological polar surface area (TPSA) is 38.0 Å². The molecule has 0 radical (unpaired) electrons. The van der Waals surface area contributed by atoms with E-state index in [4.69, 9.17) is 5.73 Å². The van der Waals surface area contributed by atoms with Gasteiger partial charge in [-0.2, -0.15) is 0 Å². The van der Waals surface area contributed by atoms with Crippen molar-refractivity contribution in [2.24, 2.45) is 0 Å². The van der Waals surface area contributed by atoms with Gasteiger partial charge in [-0.15, -0.1) is 0 Å². The van der Waals surface area contributed by atoms with Crippen molar-refractivity contribution in [1.82, 2.24) is 5.32 Å². The lowest BCUT2D eigenvalue weighted by atomic mass is 10.0. The van der Waals surface area contributed by atoms with E-state index in [1.54, 1.807) is 0 Å². The molecule has 1 rings (SSSR count).